The summed E-state index contributed by atoms with van der Waals surface area (Å²) in [6, 6.07) is 5.18. The van der Waals surface area contributed by atoms with Gasteiger partial charge in [0.15, 0.2) is 0 Å². The molecule has 14 heavy (non-hydrogen) atoms. The highest BCUT2D eigenvalue weighted by Crippen LogP contribution is 2.15. The van der Waals surface area contributed by atoms with Gasteiger partial charge in [-0.1, -0.05) is 5.46 Å². The van der Waals surface area contributed by atoms with Crippen molar-refractivity contribution in [3.05, 3.63) is 34.7 Å². The molecule has 2 rings (SSSR count). The van der Waals surface area contributed by atoms with Crippen molar-refractivity contribution in [1.29, 1.82) is 0 Å². The minimum Gasteiger partial charge on any atom is -0.497 e. The van der Waals surface area contributed by atoms with Gasteiger partial charge < -0.3 is 9.72 Å². The van der Waals surface area contributed by atoms with Crippen molar-refractivity contribution < 1.29 is 4.74 Å². The van der Waals surface area contributed by atoms with E-state index in [0.717, 1.165) is 0 Å². The fourth-order valence-corrected chi connectivity index (χ4v) is 1.39. The zero-order valence-corrected chi connectivity index (χ0v) is 7.70. The van der Waals surface area contributed by atoms with E-state index in [4.69, 9.17) is 12.6 Å². The smallest absolute Gasteiger partial charge is 0.255 e. The maximum Gasteiger partial charge on any atom is 0.255 e. The van der Waals surface area contributed by atoms with Gasteiger partial charge in [0.2, 0.25) is 0 Å². The number of benzene rings is 1. The number of rotatable bonds is 1. The minimum atomic E-state index is -0.142. The van der Waals surface area contributed by atoms with Crippen molar-refractivity contribution in [2.24, 2.45) is 0 Å². The molecule has 4 heteroatoms. The molecule has 0 aliphatic heterocycles. The van der Waals surface area contributed by atoms with E-state index < -0.39 is 0 Å². The Morgan fingerprint density at radius 2 is 2.14 bits per heavy atom. The lowest BCUT2D eigenvalue weighted by molar-refractivity contribution is 0.415. The summed E-state index contributed by atoms with van der Waals surface area (Å²) in [5, 5.41) is 1.29. The van der Waals surface area contributed by atoms with Crippen LogP contribution in [0.2, 0.25) is 0 Å². The minimum absolute atomic E-state index is 0.142. The third kappa shape index (κ3) is 1.29. The van der Waals surface area contributed by atoms with Crippen LogP contribution in [0.5, 0.6) is 5.75 Å². The first-order valence-electron chi connectivity index (χ1n) is 4.17. The average Bonchev–Trinajstić information content (AvgIpc) is 2.23. The van der Waals surface area contributed by atoms with E-state index in [1.807, 2.05) is 0 Å². The summed E-state index contributed by atoms with van der Waals surface area (Å²) in [6.07, 6.45) is 1.49. The fraction of sp³-hybridized carbons (Fsp3) is 0.100. The van der Waals surface area contributed by atoms with Crippen LogP contribution in [0, 0.1) is 0 Å². The lowest BCUT2D eigenvalue weighted by Gasteiger charge is -2.04. The quantitative estimate of drug-likeness (QED) is 0.650. The number of ether oxygens (including phenoxy) is 1. The van der Waals surface area contributed by atoms with Crippen molar-refractivity contribution in [3.63, 3.8) is 0 Å². The molecular weight excluding hydrogens is 177 g/mol. The van der Waals surface area contributed by atoms with Crippen LogP contribution in [-0.2, 0) is 0 Å². The predicted octanol–water partition coefficient (Wildman–Crippen LogP) is 0.330. The number of fused-ring (bicyclic) bond motifs is 1. The molecule has 3 nitrogen and oxygen atoms in total. The van der Waals surface area contributed by atoms with Crippen molar-refractivity contribution in [3.8, 4) is 5.75 Å². The predicted molar refractivity (Wildman–Crippen MR) is 56.5 cm³/mol. The molecule has 0 atom stereocenters. The van der Waals surface area contributed by atoms with Crippen molar-refractivity contribution in [2.45, 2.75) is 0 Å². The Balaban J connectivity index is 2.87. The van der Waals surface area contributed by atoms with Crippen LogP contribution in [0.15, 0.2) is 29.2 Å². The normalized spacial score (nSPS) is 10.4. The topological polar surface area (TPSA) is 42.1 Å². The molecule has 0 unspecified atom stereocenters. The van der Waals surface area contributed by atoms with Crippen molar-refractivity contribution >= 4 is 24.1 Å². The maximum absolute atomic E-state index is 11.4. The summed E-state index contributed by atoms with van der Waals surface area (Å²) in [4.78, 5) is 13.9. The maximum atomic E-state index is 11.4. The van der Waals surface area contributed by atoms with Gasteiger partial charge in [0.1, 0.15) is 13.6 Å². The van der Waals surface area contributed by atoms with Gasteiger partial charge in [0.05, 0.1) is 7.11 Å². The molecule has 1 aromatic heterocycles. The molecule has 0 aliphatic rings. The molecule has 68 valence electrons. The molecular formula is C10H8BNO2. The molecule has 0 spiro atoms. The van der Waals surface area contributed by atoms with Gasteiger partial charge in [-0.25, -0.2) is 0 Å². The van der Waals surface area contributed by atoms with Crippen LogP contribution in [0.3, 0.4) is 0 Å². The Hall–Kier alpha value is -1.71. The van der Waals surface area contributed by atoms with Crippen LogP contribution in [0.1, 0.15) is 0 Å². The molecule has 1 N–H and O–H groups in total. The zero-order chi connectivity index (χ0) is 10.1. The number of nitrogens with one attached hydrogen (secondary N) is 1. The number of hydrogen-bond donors (Lipinski definition) is 1. The molecule has 0 saturated heterocycles. The Labute approximate surface area is 82.1 Å². The molecule has 1 aromatic carbocycles. The first-order valence-corrected chi connectivity index (χ1v) is 4.17. The Kier molecular flexibility index (Phi) is 2.04. The second kappa shape index (κ2) is 3.22. The van der Waals surface area contributed by atoms with Gasteiger partial charge in [0, 0.05) is 5.39 Å². The van der Waals surface area contributed by atoms with E-state index in [-0.39, 0.29) is 5.56 Å². The highest BCUT2D eigenvalue weighted by molar-refractivity contribution is 6.38. The number of methoxy groups -OCH3 is 1. The summed E-state index contributed by atoms with van der Waals surface area (Å²) >= 11 is 0. The monoisotopic (exact) mass is 185 g/mol. The van der Waals surface area contributed by atoms with E-state index in [1.54, 1.807) is 25.3 Å². The van der Waals surface area contributed by atoms with Gasteiger partial charge >= 0.3 is 0 Å². The van der Waals surface area contributed by atoms with Crippen LogP contribution < -0.4 is 15.8 Å². The average molecular weight is 185 g/mol. The third-order valence-corrected chi connectivity index (χ3v) is 2.14. The number of hydrogen-bond acceptors (Lipinski definition) is 2. The summed E-state index contributed by atoms with van der Waals surface area (Å²) in [5.74, 6) is 0.690. The lowest BCUT2D eigenvalue weighted by atomic mass is 9.92. The van der Waals surface area contributed by atoms with Crippen LogP contribution in [-0.4, -0.2) is 19.9 Å². The highest BCUT2D eigenvalue weighted by atomic mass is 16.5. The third-order valence-electron chi connectivity index (χ3n) is 2.14. The standard InChI is InChI=1S/C10H8BNO2/c1-14-6-2-3-7-8(4-6)9(11)5-12-10(7)13/h2-5H,1H3,(H,12,13). The molecule has 2 radical (unpaired) electrons. The number of pyridine rings is 1. The Bertz CT molecular complexity index is 533. The highest BCUT2D eigenvalue weighted by Gasteiger charge is 2.02. The molecule has 0 amide bonds. The van der Waals surface area contributed by atoms with Crippen LogP contribution >= 0.6 is 0 Å². The molecule has 1 heterocycles. The first kappa shape index (κ1) is 8.87. The van der Waals surface area contributed by atoms with Gasteiger partial charge in [-0.15, -0.1) is 0 Å². The van der Waals surface area contributed by atoms with Gasteiger partial charge in [-0.2, -0.15) is 0 Å². The van der Waals surface area contributed by atoms with Gasteiger partial charge in [0.25, 0.3) is 5.56 Å². The Morgan fingerprint density at radius 1 is 1.36 bits per heavy atom. The van der Waals surface area contributed by atoms with E-state index in [1.165, 1.54) is 6.20 Å². The summed E-state index contributed by atoms with van der Waals surface area (Å²) in [5.41, 5.74) is 0.398. The molecule has 2 aromatic rings. The summed E-state index contributed by atoms with van der Waals surface area (Å²) in [6.45, 7) is 0. The van der Waals surface area contributed by atoms with E-state index in [0.29, 0.717) is 22.0 Å². The largest absolute Gasteiger partial charge is 0.497 e. The summed E-state index contributed by atoms with van der Waals surface area (Å²) < 4.78 is 5.05. The second-order valence-electron chi connectivity index (χ2n) is 2.98. The van der Waals surface area contributed by atoms with Crippen molar-refractivity contribution in [2.75, 3.05) is 7.11 Å². The van der Waals surface area contributed by atoms with Gasteiger partial charge in [-0.05, 0) is 29.8 Å². The fourth-order valence-electron chi connectivity index (χ4n) is 1.39. The first-order chi connectivity index (χ1) is 6.72. The van der Waals surface area contributed by atoms with E-state index in [9.17, 15) is 4.79 Å². The van der Waals surface area contributed by atoms with Crippen LogP contribution in [0.4, 0.5) is 0 Å². The number of H-pyrrole nitrogens is 1. The molecule has 0 fully saturated rings. The molecule has 0 saturated carbocycles. The van der Waals surface area contributed by atoms with E-state index >= 15 is 0 Å². The van der Waals surface area contributed by atoms with Crippen molar-refractivity contribution in [1.82, 2.24) is 4.98 Å². The SMILES string of the molecule is [B]c1c[nH]c(=O)c2ccc(OC)cc12. The zero-order valence-electron chi connectivity index (χ0n) is 7.70. The number of aromatic amines is 1. The van der Waals surface area contributed by atoms with Crippen LogP contribution in [0.25, 0.3) is 10.8 Å². The van der Waals surface area contributed by atoms with Gasteiger partial charge in [-0.3, -0.25) is 4.79 Å². The second-order valence-corrected chi connectivity index (χ2v) is 2.98. The van der Waals surface area contributed by atoms with E-state index in [2.05, 4.69) is 4.98 Å². The Morgan fingerprint density at radius 3 is 2.86 bits per heavy atom. The lowest BCUT2D eigenvalue weighted by Crippen LogP contribution is -2.15. The molecule has 0 bridgehead atoms. The number of aromatic nitrogens is 1. The molecule has 0 aliphatic carbocycles. The summed E-state index contributed by atoms with van der Waals surface area (Å²) in [7, 11) is 7.30.